The van der Waals surface area contributed by atoms with Gasteiger partial charge in [0.05, 0.1) is 5.69 Å². The quantitative estimate of drug-likeness (QED) is 0.834. The highest BCUT2D eigenvalue weighted by atomic mass is 32.1. The number of rotatable bonds is 1. The van der Waals surface area contributed by atoms with Crippen molar-refractivity contribution < 1.29 is 0 Å². The Morgan fingerprint density at radius 2 is 2.18 bits per heavy atom. The number of nitrogen functional groups attached to an aromatic ring is 1. The van der Waals surface area contributed by atoms with Crippen molar-refractivity contribution in [3.8, 4) is 0 Å². The molecule has 0 amide bonds. The molecule has 0 aliphatic heterocycles. The van der Waals surface area contributed by atoms with Gasteiger partial charge in [-0.2, -0.15) is 0 Å². The van der Waals surface area contributed by atoms with Crippen LogP contribution < -0.4 is 5.73 Å². The van der Waals surface area contributed by atoms with Crippen LogP contribution in [0.4, 0.5) is 5.13 Å². The molecule has 0 fully saturated rings. The molecule has 88 valence electrons. The third-order valence-corrected chi connectivity index (χ3v) is 4.79. The molecule has 0 bridgehead atoms. The Bertz CT molecular complexity index is 572. The van der Waals surface area contributed by atoms with Gasteiger partial charge in [-0.25, -0.2) is 4.98 Å². The molecule has 0 saturated heterocycles. The molecule has 2 N–H and O–H groups in total. The second-order valence-electron chi connectivity index (χ2n) is 4.74. The average Bonchev–Trinajstić information content (AvgIpc) is 2.81. The maximum absolute atomic E-state index is 5.80. The topological polar surface area (TPSA) is 38.9 Å². The first-order valence-electron chi connectivity index (χ1n) is 5.98. The van der Waals surface area contributed by atoms with E-state index in [2.05, 4.69) is 37.0 Å². The normalized spacial score (nSPS) is 18.4. The fraction of sp³-hybridized carbons (Fsp3) is 0.357. The van der Waals surface area contributed by atoms with Crippen molar-refractivity contribution in [2.75, 3.05) is 5.73 Å². The van der Waals surface area contributed by atoms with Crippen LogP contribution in [0.25, 0.3) is 0 Å². The fourth-order valence-electron chi connectivity index (χ4n) is 2.69. The molecule has 0 saturated carbocycles. The molecule has 1 aliphatic rings. The molecule has 1 atom stereocenters. The Hall–Kier alpha value is -1.35. The van der Waals surface area contributed by atoms with Gasteiger partial charge in [0.2, 0.25) is 0 Å². The molecule has 1 aromatic heterocycles. The van der Waals surface area contributed by atoms with Gasteiger partial charge in [-0.05, 0) is 43.4 Å². The molecule has 3 heteroatoms. The fourth-order valence-corrected chi connectivity index (χ4v) is 3.73. The minimum Gasteiger partial charge on any atom is -0.375 e. The van der Waals surface area contributed by atoms with E-state index in [-0.39, 0.29) is 0 Å². The van der Waals surface area contributed by atoms with Crippen molar-refractivity contribution in [2.24, 2.45) is 0 Å². The highest BCUT2D eigenvalue weighted by molar-refractivity contribution is 7.15. The Kier molecular flexibility index (Phi) is 2.44. The summed E-state index contributed by atoms with van der Waals surface area (Å²) in [7, 11) is 0. The van der Waals surface area contributed by atoms with Crippen LogP contribution in [0.1, 0.15) is 39.6 Å². The second-order valence-corrected chi connectivity index (χ2v) is 5.81. The molecule has 2 aromatic rings. The molecule has 2 nitrogen and oxygen atoms in total. The Labute approximate surface area is 106 Å². The number of aromatic nitrogens is 1. The minimum atomic E-state index is 0.514. The highest BCUT2D eigenvalue weighted by Gasteiger charge is 2.28. The zero-order chi connectivity index (χ0) is 12.0. The zero-order valence-electron chi connectivity index (χ0n) is 10.2. The number of hydrogen-bond donors (Lipinski definition) is 1. The predicted octanol–water partition coefficient (Wildman–Crippen LogP) is 3.42. The van der Waals surface area contributed by atoms with Gasteiger partial charge in [-0.1, -0.05) is 18.2 Å². The molecule has 1 heterocycles. The maximum atomic E-state index is 5.80. The molecular formula is C14H16N2S. The minimum absolute atomic E-state index is 0.514. The van der Waals surface area contributed by atoms with Gasteiger partial charge in [0.1, 0.15) is 0 Å². The molecular weight excluding hydrogens is 228 g/mol. The summed E-state index contributed by atoms with van der Waals surface area (Å²) in [6, 6.07) is 6.58. The van der Waals surface area contributed by atoms with Crippen molar-refractivity contribution in [3.63, 3.8) is 0 Å². The second kappa shape index (κ2) is 3.84. The summed E-state index contributed by atoms with van der Waals surface area (Å²) in [6.45, 7) is 4.39. The molecule has 1 aromatic carbocycles. The summed E-state index contributed by atoms with van der Waals surface area (Å²) in [6.07, 6.45) is 2.25. The number of hydrogen-bond acceptors (Lipinski definition) is 3. The van der Waals surface area contributed by atoms with Gasteiger partial charge in [0.25, 0.3) is 0 Å². The summed E-state index contributed by atoms with van der Waals surface area (Å²) in [5, 5.41) is 0.713. The lowest BCUT2D eigenvalue weighted by Crippen LogP contribution is -1.99. The van der Waals surface area contributed by atoms with Crippen LogP contribution in [0, 0.1) is 13.8 Å². The lowest BCUT2D eigenvalue weighted by atomic mass is 9.92. The third-order valence-electron chi connectivity index (χ3n) is 3.75. The van der Waals surface area contributed by atoms with Crippen molar-refractivity contribution in [2.45, 2.75) is 32.6 Å². The Morgan fingerprint density at radius 3 is 3.00 bits per heavy atom. The van der Waals surface area contributed by atoms with E-state index in [9.17, 15) is 0 Å². The zero-order valence-corrected chi connectivity index (χ0v) is 11.0. The SMILES string of the molecule is Cc1cccc(C2CCc3nc(N)sc32)c1C. The van der Waals surface area contributed by atoms with Gasteiger partial charge in [0, 0.05) is 10.8 Å². The van der Waals surface area contributed by atoms with Crippen LogP contribution in [-0.2, 0) is 6.42 Å². The first-order valence-corrected chi connectivity index (χ1v) is 6.79. The van der Waals surface area contributed by atoms with Crippen LogP contribution in [0.3, 0.4) is 0 Å². The molecule has 1 aliphatic carbocycles. The van der Waals surface area contributed by atoms with E-state index in [4.69, 9.17) is 5.73 Å². The first-order chi connectivity index (χ1) is 8.16. The van der Waals surface area contributed by atoms with E-state index < -0.39 is 0 Å². The van der Waals surface area contributed by atoms with E-state index >= 15 is 0 Å². The smallest absolute Gasteiger partial charge is 0.180 e. The lowest BCUT2D eigenvalue weighted by Gasteiger charge is -2.14. The van der Waals surface area contributed by atoms with Gasteiger partial charge in [0.15, 0.2) is 5.13 Å². The molecule has 0 radical (unpaired) electrons. The van der Waals surface area contributed by atoms with E-state index in [0.717, 1.165) is 6.42 Å². The molecule has 3 rings (SSSR count). The van der Waals surface area contributed by atoms with Gasteiger partial charge < -0.3 is 5.73 Å². The third kappa shape index (κ3) is 1.65. The summed E-state index contributed by atoms with van der Waals surface area (Å²) in [5.41, 5.74) is 11.3. The van der Waals surface area contributed by atoms with E-state index in [1.807, 2.05) is 0 Å². The van der Waals surface area contributed by atoms with Crippen LogP contribution in [0.5, 0.6) is 0 Å². The van der Waals surface area contributed by atoms with Crippen LogP contribution in [-0.4, -0.2) is 4.98 Å². The van der Waals surface area contributed by atoms with Crippen LogP contribution in [0.15, 0.2) is 18.2 Å². The first kappa shape index (κ1) is 10.8. The summed E-state index contributed by atoms with van der Waals surface area (Å²) >= 11 is 1.66. The summed E-state index contributed by atoms with van der Waals surface area (Å²) < 4.78 is 0. The van der Waals surface area contributed by atoms with Crippen LogP contribution in [0.2, 0.25) is 0 Å². The largest absolute Gasteiger partial charge is 0.375 e. The number of thiazole rings is 1. The average molecular weight is 244 g/mol. The Morgan fingerprint density at radius 1 is 1.35 bits per heavy atom. The number of nitrogens with two attached hydrogens (primary N) is 1. The molecule has 17 heavy (non-hydrogen) atoms. The Balaban J connectivity index is 2.09. The van der Waals surface area contributed by atoms with E-state index in [1.54, 1.807) is 11.3 Å². The van der Waals surface area contributed by atoms with Crippen molar-refractivity contribution in [3.05, 3.63) is 45.5 Å². The van der Waals surface area contributed by atoms with Crippen molar-refractivity contribution in [1.29, 1.82) is 0 Å². The molecule has 1 unspecified atom stereocenters. The number of benzene rings is 1. The van der Waals surface area contributed by atoms with Gasteiger partial charge >= 0.3 is 0 Å². The maximum Gasteiger partial charge on any atom is 0.180 e. The number of aryl methyl sites for hydroxylation is 2. The van der Waals surface area contributed by atoms with E-state index in [0.29, 0.717) is 11.0 Å². The monoisotopic (exact) mass is 244 g/mol. The van der Waals surface area contributed by atoms with E-state index in [1.165, 1.54) is 33.7 Å². The number of nitrogens with zero attached hydrogens (tertiary/aromatic N) is 1. The van der Waals surface area contributed by atoms with Gasteiger partial charge in [-0.3, -0.25) is 0 Å². The summed E-state index contributed by atoms with van der Waals surface area (Å²) in [4.78, 5) is 5.80. The highest BCUT2D eigenvalue weighted by Crippen LogP contribution is 2.43. The summed E-state index contributed by atoms with van der Waals surface area (Å²) in [5.74, 6) is 0.514. The lowest BCUT2D eigenvalue weighted by molar-refractivity contribution is 0.784. The number of fused-ring (bicyclic) bond motifs is 1. The predicted molar refractivity (Wildman–Crippen MR) is 72.6 cm³/mol. The number of anilines is 1. The van der Waals surface area contributed by atoms with Gasteiger partial charge in [-0.15, -0.1) is 11.3 Å². The van der Waals surface area contributed by atoms with Crippen molar-refractivity contribution in [1.82, 2.24) is 4.98 Å². The van der Waals surface area contributed by atoms with Crippen molar-refractivity contribution >= 4 is 16.5 Å². The van der Waals surface area contributed by atoms with Crippen LogP contribution >= 0.6 is 11.3 Å². The standard InChI is InChI=1S/C14H16N2S/c1-8-4-3-5-10(9(8)2)11-6-7-12-13(11)17-14(15)16-12/h3-5,11H,6-7H2,1-2H3,(H2,15,16). The molecule has 0 spiro atoms.